The zero-order valence-electron chi connectivity index (χ0n) is 41.9. The van der Waals surface area contributed by atoms with E-state index < -0.39 is 51.9 Å². The van der Waals surface area contributed by atoms with Crippen LogP contribution >= 0.6 is 0 Å². The van der Waals surface area contributed by atoms with Gasteiger partial charge in [0, 0.05) is 32.9 Å². The molecule has 0 saturated heterocycles. The topological polar surface area (TPSA) is 66.4 Å². The van der Waals surface area contributed by atoms with Crippen LogP contribution in [0, 0.1) is 0 Å². The molecule has 0 aliphatic carbocycles. The fourth-order valence-electron chi connectivity index (χ4n) is 8.48. The summed E-state index contributed by atoms with van der Waals surface area (Å²) in [6.45, 7) is 15.8. The largest absolute Gasteiger partial charge is 0.494 e. The van der Waals surface area contributed by atoms with Crippen molar-refractivity contribution in [3.05, 3.63) is 143 Å². The number of alkyl halides is 9. The summed E-state index contributed by atoms with van der Waals surface area (Å²) in [5.74, 6) is 0.630. The van der Waals surface area contributed by atoms with Crippen molar-refractivity contribution in [1.82, 2.24) is 15.0 Å². The van der Waals surface area contributed by atoms with Gasteiger partial charge in [-0.15, -0.1) is 0 Å². The fraction of sp³-hybridized carbons (Fsp3) is 0.316. The molecule has 3 heterocycles. The van der Waals surface area contributed by atoms with Crippen LogP contribution in [0.5, 0.6) is 17.2 Å². The molecule has 0 spiro atoms. The summed E-state index contributed by atoms with van der Waals surface area (Å²) in [5, 5.41) is 0. The minimum Gasteiger partial charge on any atom is -0.494 e. The van der Waals surface area contributed by atoms with Crippen molar-refractivity contribution >= 4 is 0 Å². The van der Waals surface area contributed by atoms with Gasteiger partial charge < -0.3 is 14.2 Å². The van der Waals surface area contributed by atoms with Crippen molar-refractivity contribution in [2.75, 3.05) is 21.3 Å². The van der Waals surface area contributed by atoms with Crippen molar-refractivity contribution in [1.29, 1.82) is 0 Å². The fourth-order valence-corrected chi connectivity index (χ4v) is 8.48. The Morgan fingerprint density at radius 3 is 0.653 bits per heavy atom. The lowest BCUT2D eigenvalue weighted by Gasteiger charge is -2.24. The van der Waals surface area contributed by atoms with Gasteiger partial charge in [0.05, 0.1) is 38.4 Å². The Labute approximate surface area is 413 Å². The van der Waals surface area contributed by atoms with Crippen molar-refractivity contribution < 1.29 is 53.7 Å². The zero-order valence-corrected chi connectivity index (χ0v) is 41.9. The van der Waals surface area contributed by atoms with E-state index in [0.29, 0.717) is 50.1 Å². The molecule has 15 heteroatoms. The third kappa shape index (κ3) is 10.9. The number of pyridine rings is 3. The average Bonchev–Trinajstić information content (AvgIpc) is 3.31. The van der Waals surface area contributed by atoms with Crippen molar-refractivity contribution in [2.24, 2.45) is 0 Å². The van der Waals surface area contributed by atoms with Crippen LogP contribution in [0.25, 0.3) is 66.8 Å². The second-order valence-corrected chi connectivity index (χ2v) is 20.6. The van der Waals surface area contributed by atoms with Crippen LogP contribution in [0.4, 0.5) is 39.5 Å². The number of hydrogen-bond acceptors (Lipinski definition) is 6. The molecule has 0 N–H and O–H groups in total. The number of nitrogens with zero attached hydrogens (tertiary/aromatic N) is 3. The lowest BCUT2D eigenvalue weighted by atomic mass is 9.87. The summed E-state index contributed by atoms with van der Waals surface area (Å²) in [4.78, 5) is 11.9. The van der Waals surface area contributed by atoms with Crippen molar-refractivity contribution in [3.63, 3.8) is 0 Å². The molecule has 0 aliphatic heterocycles. The molecule has 72 heavy (non-hydrogen) atoms. The van der Waals surface area contributed by atoms with Crippen LogP contribution in [-0.4, -0.2) is 36.3 Å². The number of ether oxygens (including phenoxy) is 3. The normalized spacial score (nSPS) is 12.8. The maximum atomic E-state index is 14.2. The van der Waals surface area contributed by atoms with Crippen LogP contribution in [0.2, 0.25) is 0 Å². The Kier molecular flexibility index (Phi) is 13.9. The lowest BCUT2D eigenvalue weighted by molar-refractivity contribution is -0.142. The summed E-state index contributed by atoms with van der Waals surface area (Å²) in [6, 6.07) is 29.5. The molecule has 0 unspecified atom stereocenters. The van der Waals surface area contributed by atoms with Gasteiger partial charge in [-0.1, -0.05) is 135 Å². The van der Waals surface area contributed by atoms with Gasteiger partial charge in [-0.3, -0.25) is 0 Å². The van der Waals surface area contributed by atoms with Crippen LogP contribution in [0.15, 0.2) is 109 Å². The molecule has 0 saturated carbocycles. The van der Waals surface area contributed by atoms with Crippen LogP contribution < -0.4 is 14.2 Å². The van der Waals surface area contributed by atoms with E-state index >= 15 is 0 Å². The first-order chi connectivity index (χ1) is 33.3. The molecule has 7 rings (SSSR count). The molecule has 7 aromatic rings. The average molecular weight is 1000 g/mol. The summed E-state index contributed by atoms with van der Waals surface area (Å²) in [5.41, 5.74) is 0.927. The predicted molar refractivity (Wildman–Crippen MR) is 263 cm³/mol. The van der Waals surface area contributed by atoms with Gasteiger partial charge in [0.15, 0.2) is 0 Å². The highest BCUT2D eigenvalue weighted by atomic mass is 19.4. The summed E-state index contributed by atoms with van der Waals surface area (Å²) in [7, 11) is 4.16. The number of methoxy groups -OCH3 is 3. The SMILES string of the molecule is COc1c(-c2ccc(-c3cc(-c4ccc(-c5cc(C(F)(F)F)nc(C(C)(C)C)c5OC)cc4)cc(-c4ccc(-c5cc(C(F)(F)F)nc(C(C)(C)C)c5OC)cc4)c3)cc2)cc(C(F)(F)F)nc1C(C)(C)C. The first-order valence-electron chi connectivity index (χ1n) is 22.8. The maximum Gasteiger partial charge on any atom is 0.433 e. The molecule has 3 aromatic heterocycles. The van der Waals surface area contributed by atoms with Crippen molar-refractivity contribution in [3.8, 4) is 84.0 Å². The van der Waals surface area contributed by atoms with E-state index in [4.69, 9.17) is 14.2 Å². The second kappa shape index (κ2) is 18.9. The van der Waals surface area contributed by atoms with Crippen LogP contribution in [0.1, 0.15) is 96.5 Å². The third-order valence-electron chi connectivity index (χ3n) is 12.1. The predicted octanol–water partition coefficient (Wildman–Crippen LogP) is 16.8. The van der Waals surface area contributed by atoms with E-state index in [2.05, 4.69) is 15.0 Å². The molecule has 0 aliphatic rings. The Hall–Kier alpha value is -6.90. The quantitative estimate of drug-likeness (QED) is 0.134. The Morgan fingerprint density at radius 2 is 0.486 bits per heavy atom. The third-order valence-corrected chi connectivity index (χ3v) is 12.1. The molecule has 0 fully saturated rings. The second-order valence-electron chi connectivity index (χ2n) is 20.6. The Balaban J connectivity index is 1.39. The highest BCUT2D eigenvalue weighted by Gasteiger charge is 2.39. The Morgan fingerprint density at radius 1 is 0.292 bits per heavy atom. The van der Waals surface area contributed by atoms with Gasteiger partial charge in [-0.25, -0.2) is 15.0 Å². The molecule has 0 bridgehead atoms. The van der Waals surface area contributed by atoms with E-state index in [1.54, 1.807) is 135 Å². The van der Waals surface area contributed by atoms with E-state index in [1.807, 2.05) is 18.2 Å². The molecule has 0 atom stereocenters. The van der Waals surface area contributed by atoms with Gasteiger partial charge in [-0.05, 0) is 86.5 Å². The molecule has 378 valence electrons. The number of rotatable bonds is 9. The number of halogens is 9. The molecule has 0 radical (unpaired) electrons. The van der Waals surface area contributed by atoms with E-state index in [9.17, 15) is 39.5 Å². The minimum atomic E-state index is -4.73. The Bertz CT molecular complexity index is 2770. The zero-order chi connectivity index (χ0) is 53.1. The molecule has 4 aromatic carbocycles. The van der Waals surface area contributed by atoms with Gasteiger partial charge >= 0.3 is 18.5 Å². The summed E-state index contributed by atoms with van der Waals surface area (Å²) >= 11 is 0. The summed E-state index contributed by atoms with van der Waals surface area (Å²) in [6.07, 6.45) is -14.2. The van der Waals surface area contributed by atoms with Gasteiger partial charge in [0.1, 0.15) is 34.3 Å². The van der Waals surface area contributed by atoms with Gasteiger partial charge in [-0.2, -0.15) is 39.5 Å². The highest BCUT2D eigenvalue weighted by molar-refractivity contribution is 5.85. The maximum absolute atomic E-state index is 14.2. The van der Waals surface area contributed by atoms with E-state index in [-0.39, 0.29) is 51.0 Å². The smallest absolute Gasteiger partial charge is 0.433 e. The standard InChI is InChI=1S/C57H54F9N3O3/c1-52(2,3)49-46(70-10)40(28-43(67-49)55(58,59)60)34-19-13-31(14-20-34)37-25-38(32-15-21-35(22-16-32)41-29-44(56(61,62)63)68-50(47(41)71-11)53(4,5)6)27-39(26-37)33-17-23-36(24-18-33)42-30-45(57(64,65)66)69-51(48(42)72-12)54(7,8)9/h13-30H,1-12H3. The molecular formula is C57H54F9N3O3. The lowest BCUT2D eigenvalue weighted by Crippen LogP contribution is -2.19. The van der Waals surface area contributed by atoms with E-state index in [1.165, 1.54) is 21.3 Å². The van der Waals surface area contributed by atoms with Gasteiger partial charge in [0.25, 0.3) is 0 Å². The monoisotopic (exact) mass is 999 g/mol. The number of aromatic nitrogens is 3. The van der Waals surface area contributed by atoms with Crippen LogP contribution in [0.3, 0.4) is 0 Å². The molecule has 0 amide bonds. The highest BCUT2D eigenvalue weighted by Crippen LogP contribution is 2.46. The van der Waals surface area contributed by atoms with E-state index in [0.717, 1.165) is 18.2 Å². The number of benzene rings is 4. The minimum absolute atomic E-state index is 0.143. The summed E-state index contributed by atoms with van der Waals surface area (Å²) < 4.78 is 145. The first kappa shape index (κ1) is 52.9. The van der Waals surface area contributed by atoms with Crippen molar-refractivity contribution in [2.45, 2.75) is 97.1 Å². The van der Waals surface area contributed by atoms with Gasteiger partial charge in [0.2, 0.25) is 0 Å². The molecule has 6 nitrogen and oxygen atoms in total. The number of hydrogen-bond donors (Lipinski definition) is 0. The molecular weight excluding hydrogens is 946 g/mol. The first-order valence-corrected chi connectivity index (χ1v) is 22.8. The van der Waals surface area contributed by atoms with Crippen LogP contribution in [-0.2, 0) is 34.8 Å².